The van der Waals surface area contributed by atoms with Crippen molar-refractivity contribution < 1.29 is 4.79 Å². The fourth-order valence-corrected chi connectivity index (χ4v) is 11.3. The Balaban J connectivity index is 1.55. The molecule has 0 aromatic rings. The molecule has 5 rings (SSSR count). The van der Waals surface area contributed by atoms with Crippen molar-refractivity contribution in [2.24, 2.45) is 56.7 Å². The molecule has 0 heterocycles. The predicted molar refractivity (Wildman–Crippen MR) is 130 cm³/mol. The quantitative estimate of drug-likeness (QED) is 0.387. The molecule has 9 atom stereocenters. The van der Waals surface area contributed by atoms with Crippen LogP contribution in [0.15, 0.2) is 12.2 Å². The first-order valence-electron chi connectivity index (χ1n) is 13.5. The molecule has 0 saturated heterocycles. The Kier molecular flexibility index (Phi) is 4.66. The third-order valence-electron chi connectivity index (χ3n) is 13.2. The molecular weight excluding hydrogens is 376 g/mol. The summed E-state index contributed by atoms with van der Waals surface area (Å²) in [4.78, 5) is 12.9. The molecule has 5 saturated carbocycles. The zero-order valence-electron chi connectivity index (χ0n) is 21.6. The van der Waals surface area contributed by atoms with E-state index in [0.717, 1.165) is 36.5 Å². The molecule has 0 aliphatic heterocycles. The Morgan fingerprint density at radius 2 is 1.52 bits per heavy atom. The lowest BCUT2D eigenvalue weighted by Crippen LogP contribution is -2.66. The summed E-state index contributed by atoms with van der Waals surface area (Å²) in [5.41, 5.74) is 3.06. The largest absolute Gasteiger partial charge is 0.299 e. The molecule has 0 bridgehead atoms. The lowest BCUT2D eigenvalue weighted by molar-refractivity contribution is -0.232. The van der Waals surface area contributed by atoms with E-state index < -0.39 is 0 Å². The summed E-state index contributed by atoms with van der Waals surface area (Å²) in [6.07, 6.45) is 13.0. The Bertz CT molecular complexity index is 807. The number of rotatable bonds is 1. The smallest absolute Gasteiger partial charge is 0.138 e. The van der Waals surface area contributed by atoms with Gasteiger partial charge in [0.1, 0.15) is 5.78 Å². The van der Waals surface area contributed by atoms with Gasteiger partial charge in [0.05, 0.1) is 0 Å². The van der Waals surface area contributed by atoms with Crippen LogP contribution in [-0.2, 0) is 4.79 Å². The Morgan fingerprint density at radius 3 is 2.19 bits per heavy atom. The Hall–Kier alpha value is -0.590. The summed E-state index contributed by atoms with van der Waals surface area (Å²) >= 11 is 0. The molecule has 5 aliphatic rings. The second-order valence-electron chi connectivity index (χ2n) is 14.5. The second kappa shape index (κ2) is 6.50. The standard InChI is InChI=1S/C30H48O/c1-19(2)20-11-14-27(5)17-18-29(7)21(25(20)27)9-10-23-28(6)15-13-24(31)26(3,4)22(28)12-16-30(23,29)8/h20-23,25H,1,9-18H2,2-8H3/t20-,21-,22-,23+,25-,27-,28+,29+,30-/m0/s1. The van der Waals surface area contributed by atoms with Gasteiger partial charge >= 0.3 is 0 Å². The number of hydrogen-bond donors (Lipinski definition) is 0. The number of carbonyl (C=O) groups is 1. The topological polar surface area (TPSA) is 17.1 Å². The number of hydrogen-bond acceptors (Lipinski definition) is 1. The minimum atomic E-state index is -0.131. The van der Waals surface area contributed by atoms with Gasteiger partial charge in [0.2, 0.25) is 0 Å². The lowest BCUT2D eigenvalue weighted by Gasteiger charge is -2.72. The van der Waals surface area contributed by atoms with Gasteiger partial charge in [-0.15, -0.1) is 0 Å². The fourth-order valence-electron chi connectivity index (χ4n) is 11.3. The third kappa shape index (κ3) is 2.59. The first kappa shape index (κ1) is 22.2. The van der Waals surface area contributed by atoms with E-state index >= 15 is 0 Å². The molecule has 0 unspecified atom stereocenters. The van der Waals surface area contributed by atoms with Gasteiger partial charge in [-0.1, -0.05) is 53.7 Å². The summed E-state index contributed by atoms with van der Waals surface area (Å²) in [6, 6.07) is 0. The Morgan fingerprint density at radius 1 is 0.806 bits per heavy atom. The van der Waals surface area contributed by atoms with Crippen LogP contribution in [0.5, 0.6) is 0 Å². The number of carbonyl (C=O) groups excluding carboxylic acids is 1. The molecule has 0 spiro atoms. The average Bonchev–Trinajstić information content (AvgIpc) is 3.04. The SMILES string of the molecule is C=C(C)[C@@H]1CC[C@@]2(C)CC[C@]3(C)[C@@H](CC[C@@H]4[C@]5(C)CCC(=O)C(C)(C)[C@@H]5CC[C@@]43C)[C@H]12. The third-order valence-corrected chi connectivity index (χ3v) is 13.2. The van der Waals surface area contributed by atoms with E-state index in [1.54, 1.807) is 0 Å². The van der Waals surface area contributed by atoms with Gasteiger partial charge in [-0.2, -0.15) is 0 Å². The highest BCUT2D eigenvalue weighted by molar-refractivity contribution is 5.85. The van der Waals surface area contributed by atoms with Crippen LogP contribution in [-0.4, -0.2) is 5.78 Å². The van der Waals surface area contributed by atoms with Crippen molar-refractivity contribution in [3.8, 4) is 0 Å². The van der Waals surface area contributed by atoms with Gasteiger partial charge in [0.25, 0.3) is 0 Å². The van der Waals surface area contributed by atoms with Crippen LogP contribution in [0.1, 0.15) is 113 Å². The molecule has 0 amide bonds. The number of fused-ring (bicyclic) bond motifs is 7. The number of Topliss-reactive ketones (excluding diaryl/α,β-unsaturated/α-hetero) is 1. The number of allylic oxidation sites excluding steroid dienone is 1. The summed E-state index contributed by atoms with van der Waals surface area (Å²) < 4.78 is 0. The van der Waals surface area contributed by atoms with Gasteiger partial charge in [-0.3, -0.25) is 4.79 Å². The van der Waals surface area contributed by atoms with E-state index in [1.165, 1.54) is 56.9 Å². The summed E-state index contributed by atoms with van der Waals surface area (Å²) in [5.74, 6) is 4.33. The highest BCUT2D eigenvalue weighted by Gasteiger charge is 2.70. The van der Waals surface area contributed by atoms with Gasteiger partial charge in [-0.05, 0) is 116 Å². The average molecular weight is 425 g/mol. The summed E-state index contributed by atoms with van der Waals surface area (Å²) in [6.45, 7) is 22.0. The maximum Gasteiger partial charge on any atom is 0.138 e. The van der Waals surface area contributed by atoms with Crippen LogP contribution in [0.3, 0.4) is 0 Å². The van der Waals surface area contributed by atoms with E-state index in [2.05, 4.69) is 55.0 Å². The van der Waals surface area contributed by atoms with Crippen LogP contribution in [0.2, 0.25) is 0 Å². The van der Waals surface area contributed by atoms with E-state index in [4.69, 9.17) is 0 Å². The van der Waals surface area contributed by atoms with Crippen molar-refractivity contribution in [3.63, 3.8) is 0 Å². The zero-order valence-corrected chi connectivity index (χ0v) is 21.6. The second-order valence-corrected chi connectivity index (χ2v) is 14.5. The minimum Gasteiger partial charge on any atom is -0.299 e. The zero-order chi connectivity index (χ0) is 22.6. The van der Waals surface area contributed by atoms with Gasteiger partial charge in [0, 0.05) is 11.8 Å². The predicted octanol–water partition coefficient (Wildman–Crippen LogP) is 8.23. The van der Waals surface area contributed by atoms with E-state index in [-0.39, 0.29) is 5.41 Å². The normalized spacial score (nSPS) is 55.6. The van der Waals surface area contributed by atoms with Crippen LogP contribution in [0.25, 0.3) is 0 Å². The maximum absolute atomic E-state index is 12.9. The summed E-state index contributed by atoms with van der Waals surface area (Å²) in [7, 11) is 0. The highest BCUT2D eigenvalue weighted by Crippen LogP contribution is 2.77. The first-order chi connectivity index (χ1) is 14.3. The molecule has 5 fully saturated rings. The fraction of sp³-hybridized carbons (Fsp3) is 0.900. The minimum absolute atomic E-state index is 0.131. The molecular formula is C30H48O. The van der Waals surface area contributed by atoms with Crippen molar-refractivity contribution in [2.75, 3.05) is 0 Å². The van der Waals surface area contributed by atoms with Gasteiger partial charge in [-0.25, -0.2) is 0 Å². The molecule has 5 aliphatic carbocycles. The Labute approximate surface area is 192 Å². The van der Waals surface area contributed by atoms with E-state index in [0.29, 0.717) is 33.4 Å². The van der Waals surface area contributed by atoms with Crippen LogP contribution in [0.4, 0.5) is 0 Å². The lowest BCUT2D eigenvalue weighted by atomic mass is 9.32. The molecule has 0 aromatic carbocycles. The van der Waals surface area contributed by atoms with Crippen molar-refractivity contribution >= 4 is 5.78 Å². The van der Waals surface area contributed by atoms with Crippen LogP contribution in [0, 0.1) is 56.7 Å². The molecule has 1 nitrogen and oxygen atoms in total. The van der Waals surface area contributed by atoms with Crippen molar-refractivity contribution in [1.29, 1.82) is 0 Å². The molecule has 0 aromatic heterocycles. The highest BCUT2D eigenvalue weighted by atomic mass is 16.1. The molecule has 0 radical (unpaired) electrons. The molecule has 1 heteroatoms. The molecule has 174 valence electrons. The monoisotopic (exact) mass is 424 g/mol. The van der Waals surface area contributed by atoms with Crippen LogP contribution >= 0.6 is 0 Å². The molecule has 31 heavy (non-hydrogen) atoms. The van der Waals surface area contributed by atoms with Crippen molar-refractivity contribution in [1.82, 2.24) is 0 Å². The maximum atomic E-state index is 12.9. The van der Waals surface area contributed by atoms with Gasteiger partial charge < -0.3 is 0 Å². The summed E-state index contributed by atoms with van der Waals surface area (Å²) in [5, 5.41) is 0. The van der Waals surface area contributed by atoms with Crippen LogP contribution < -0.4 is 0 Å². The first-order valence-corrected chi connectivity index (χ1v) is 13.5. The van der Waals surface area contributed by atoms with Crippen molar-refractivity contribution in [3.05, 3.63) is 12.2 Å². The number of ketones is 1. The van der Waals surface area contributed by atoms with E-state index in [1.807, 2.05) is 0 Å². The van der Waals surface area contributed by atoms with Gasteiger partial charge in [0.15, 0.2) is 0 Å². The van der Waals surface area contributed by atoms with Crippen molar-refractivity contribution in [2.45, 2.75) is 113 Å². The van der Waals surface area contributed by atoms with E-state index in [9.17, 15) is 4.79 Å². The molecule has 0 N–H and O–H groups in total.